The van der Waals surface area contributed by atoms with Gasteiger partial charge in [0.05, 0.1) is 0 Å². The molecular weight excluding hydrogens is 280 g/mol. The molecule has 98 valence electrons. The van der Waals surface area contributed by atoms with Crippen LogP contribution in [0.15, 0.2) is 59.5 Å². The van der Waals surface area contributed by atoms with Crippen LogP contribution in [0.25, 0.3) is 0 Å². The molecule has 0 aliphatic carbocycles. The van der Waals surface area contributed by atoms with E-state index >= 15 is 0 Å². The monoisotopic (exact) mass is 292 g/mol. The molecule has 1 atom stereocenters. The zero-order valence-corrected chi connectivity index (χ0v) is 11.9. The van der Waals surface area contributed by atoms with Crippen LogP contribution >= 0.6 is 23.4 Å². The Morgan fingerprint density at radius 2 is 1.68 bits per heavy atom. The van der Waals surface area contributed by atoms with Gasteiger partial charge in [0.15, 0.2) is 0 Å². The van der Waals surface area contributed by atoms with Crippen molar-refractivity contribution in [2.75, 3.05) is 0 Å². The van der Waals surface area contributed by atoms with Crippen LogP contribution in [0.1, 0.15) is 12.5 Å². The largest absolute Gasteiger partial charge is 0.480 e. The zero-order valence-electron chi connectivity index (χ0n) is 10.3. The molecule has 0 spiro atoms. The molecule has 0 fully saturated rings. The summed E-state index contributed by atoms with van der Waals surface area (Å²) in [6, 6.07) is 16.4. The molecule has 0 heterocycles. The number of halogens is 1. The molecule has 1 N–H and O–H groups in total. The van der Waals surface area contributed by atoms with Gasteiger partial charge in [0.25, 0.3) is 0 Å². The predicted octanol–water partition coefficient (Wildman–Crippen LogP) is 4.43. The Morgan fingerprint density at radius 1 is 1.11 bits per heavy atom. The number of carboxylic acid groups (broad SMARTS) is 1. The van der Waals surface area contributed by atoms with E-state index in [-0.39, 0.29) is 0 Å². The van der Waals surface area contributed by atoms with Crippen molar-refractivity contribution in [2.45, 2.75) is 16.6 Å². The van der Waals surface area contributed by atoms with Gasteiger partial charge in [0, 0.05) is 9.92 Å². The summed E-state index contributed by atoms with van der Waals surface area (Å²) < 4.78 is -1.04. The number of benzene rings is 2. The third-order valence-electron chi connectivity index (χ3n) is 2.87. The van der Waals surface area contributed by atoms with Gasteiger partial charge in [-0.05, 0) is 36.8 Å². The molecule has 0 bridgehead atoms. The van der Waals surface area contributed by atoms with Gasteiger partial charge in [-0.2, -0.15) is 0 Å². The van der Waals surface area contributed by atoms with Crippen molar-refractivity contribution in [3.05, 3.63) is 65.2 Å². The Labute approximate surface area is 121 Å². The maximum absolute atomic E-state index is 11.7. The van der Waals surface area contributed by atoms with Crippen molar-refractivity contribution in [2.24, 2.45) is 0 Å². The first-order valence-electron chi connectivity index (χ1n) is 5.76. The van der Waals surface area contributed by atoms with E-state index in [1.54, 1.807) is 31.2 Å². The number of hydrogen-bond acceptors (Lipinski definition) is 2. The Hall–Kier alpha value is -1.45. The van der Waals surface area contributed by atoms with Gasteiger partial charge < -0.3 is 5.11 Å². The lowest BCUT2D eigenvalue weighted by molar-refractivity contribution is -0.139. The summed E-state index contributed by atoms with van der Waals surface area (Å²) in [4.78, 5) is 12.6. The first kappa shape index (κ1) is 14.0. The number of aliphatic carboxylic acids is 1. The van der Waals surface area contributed by atoms with Gasteiger partial charge in [0.1, 0.15) is 4.75 Å². The normalized spacial score (nSPS) is 13.8. The highest BCUT2D eigenvalue weighted by Gasteiger charge is 2.36. The summed E-state index contributed by atoms with van der Waals surface area (Å²) in [5.41, 5.74) is 0.721. The number of thioether (sulfide) groups is 1. The first-order valence-corrected chi connectivity index (χ1v) is 6.95. The fourth-order valence-corrected chi connectivity index (χ4v) is 2.95. The molecule has 2 aromatic rings. The van der Waals surface area contributed by atoms with Crippen LogP contribution in [0, 0.1) is 0 Å². The summed E-state index contributed by atoms with van der Waals surface area (Å²) in [5.74, 6) is -0.872. The van der Waals surface area contributed by atoms with E-state index in [0.29, 0.717) is 5.02 Å². The minimum atomic E-state index is -1.04. The van der Waals surface area contributed by atoms with Crippen molar-refractivity contribution in [1.82, 2.24) is 0 Å². The van der Waals surface area contributed by atoms with Gasteiger partial charge in [-0.3, -0.25) is 4.79 Å². The minimum Gasteiger partial charge on any atom is -0.480 e. The second kappa shape index (κ2) is 5.68. The number of hydrogen-bond donors (Lipinski definition) is 1. The minimum absolute atomic E-state index is 0.598. The lowest BCUT2D eigenvalue weighted by atomic mass is 10.0. The Bertz CT molecular complexity index is 568. The van der Waals surface area contributed by atoms with E-state index in [0.717, 1.165) is 10.5 Å². The Kier molecular flexibility index (Phi) is 4.17. The van der Waals surface area contributed by atoms with Crippen LogP contribution in [-0.2, 0) is 9.54 Å². The lowest BCUT2D eigenvalue weighted by Crippen LogP contribution is -2.28. The van der Waals surface area contributed by atoms with Crippen LogP contribution in [0.2, 0.25) is 5.02 Å². The number of rotatable bonds is 4. The molecule has 0 radical (unpaired) electrons. The van der Waals surface area contributed by atoms with Crippen LogP contribution < -0.4 is 0 Å². The van der Waals surface area contributed by atoms with E-state index in [2.05, 4.69) is 0 Å². The van der Waals surface area contributed by atoms with Gasteiger partial charge in [0.2, 0.25) is 0 Å². The molecule has 0 aliphatic rings. The van der Waals surface area contributed by atoms with E-state index < -0.39 is 10.7 Å². The average Bonchev–Trinajstić information content (AvgIpc) is 2.40. The van der Waals surface area contributed by atoms with Crippen LogP contribution in [-0.4, -0.2) is 11.1 Å². The van der Waals surface area contributed by atoms with Crippen molar-refractivity contribution >= 4 is 29.3 Å². The molecule has 0 saturated heterocycles. The Morgan fingerprint density at radius 3 is 2.21 bits per heavy atom. The van der Waals surface area contributed by atoms with Gasteiger partial charge in [-0.15, -0.1) is 11.8 Å². The SMILES string of the molecule is CC(Sc1ccccc1)(C(=O)O)c1ccc(Cl)cc1. The molecule has 2 aromatic carbocycles. The third kappa shape index (κ3) is 3.11. The van der Waals surface area contributed by atoms with Crippen LogP contribution in [0.3, 0.4) is 0 Å². The highest BCUT2D eigenvalue weighted by molar-refractivity contribution is 8.01. The standard InChI is InChI=1S/C15H13ClO2S/c1-15(14(17)18,11-7-9-12(16)10-8-11)19-13-5-3-2-4-6-13/h2-10H,1H3,(H,17,18). The topological polar surface area (TPSA) is 37.3 Å². The fraction of sp³-hybridized carbons (Fsp3) is 0.133. The van der Waals surface area contributed by atoms with Crippen molar-refractivity contribution in [3.63, 3.8) is 0 Å². The highest BCUT2D eigenvalue weighted by Crippen LogP contribution is 2.41. The first-order chi connectivity index (χ1) is 9.02. The summed E-state index contributed by atoms with van der Waals surface area (Å²) in [6.07, 6.45) is 0. The van der Waals surface area contributed by atoms with Crippen LogP contribution in [0.5, 0.6) is 0 Å². The number of carbonyl (C=O) groups is 1. The molecular formula is C15H13ClO2S. The van der Waals surface area contributed by atoms with Crippen LogP contribution in [0.4, 0.5) is 0 Å². The van der Waals surface area contributed by atoms with Crippen molar-refractivity contribution in [3.8, 4) is 0 Å². The van der Waals surface area contributed by atoms with Gasteiger partial charge >= 0.3 is 5.97 Å². The predicted molar refractivity (Wildman–Crippen MR) is 78.7 cm³/mol. The summed E-state index contributed by atoms with van der Waals surface area (Å²) in [5, 5.41) is 10.2. The molecule has 4 heteroatoms. The number of carboxylic acids is 1. The lowest BCUT2D eigenvalue weighted by Gasteiger charge is -2.24. The van der Waals surface area contributed by atoms with E-state index in [9.17, 15) is 9.90 Å². The van der Waals surface area contributed by atoms with E-state index in [1.165, 1.54) is 11.8 Å². The van der Waals surface area contributed by atoms with Crippen molar-refractivity contribution < 1.29 is 9.90 Å². The molecule has 0 aliphatic heterocycles. The highest BCUT2D eigenvalue weighted by atomic mass is 35.5. The van der Waals surface area contributed by atoms with Gasteiger partial charge in [-0.1, -0.05) is 41.9 Å². The van der Waals surface area contributed by atoms with E-state index in [4.69, 9.17) is 11.6 Å². The maximum atomic E-state index is 11.7. The molecule has 2 nitrogen and oxygen atoms in total. The zero-order chi connectivity index (χ0) is 13.9. The molecule has 0 aromatic heterocycles. The average molecular weight is 293 g/mol. The fourth-order valence-electron chi connectivity index (χ4n) is 1.72. The molecule has 0 saturated carbocycles. The summed E-state index contributed by atoms with van der Waals surface area (Å²) >= 11 is 7.16. The second-order valence-corrected chi connectivity index (χ2v) is 6.19. The van der Waals surface area contributed by atoms with Crippen molar-refractivity contribution in [1.29, 1.82) is 0 Å². The quantitative estimate of drug-likeness (QED) is 0.847. The third-order valence-corrected chi connectivity index (χ3v) is 4.45. The Balaban J connectivity index is 2.38. The maximum Gasteiger partial charge on any atom is 0.324 e. The molecule has 1 unspecified atom stereocenters. The van der Waals surface area contributed by atoms with E-state index in [1.807, 2.05) is 30.3 Å². The molecule has 2 rings (SSSR count). The smallest absolute Gasteiger partial charge is 0.324 e. The second-order valence-electron chi connectivity index (χ2n) is 4.26. The van der Waals surface area contributed by atoms with Gasteiger partial charge in [-0.25, -0.2) is 0 Å². The molecule has 19 heavy (non-hydrogen) atoms. The summed E-state index contributed by atoms with van der Waals surface area (Å²) in [7, 11) is 0. The summed E-state index contributed by atoms with van der Waals surface area (Å²) in [6.45, 7) is 1.70. The molecule has 0 amide bonds.